The molecule has 2 amide bonds. The Morgan fingerprint density at radius 3 is 2.42 bits per heavy atom. The maximum absolute atomic E-state index is 12.8. The summed E-state index contributed by atoms with van der Waals surface area (Å²) >= 11 is 6.81. The summed E-state index contributed by atoms with van der Waals surface area (Å²) in [6.07, 6.45) is 2.74. The van der Waals surface area contributed by atoms with Crippen molar-refractivity contribution in [1.82, 2.24) is 5.32 Å². The van der Waals surface area contributed by atoms with Crippen LogP contribution in [0.1, 0.15) is 58.3 Å². The summed E-state index contributed by atoms with van der Waals surface area (Å²) in [4.78, 5) is 26.0. The smallest absolute Gasteiger partial charge is 0.257 e. The molecule has 1 aromatic heterocycles. The molecule has 0 unspecified atom stereocenters. The lowest BCUT2D eigenvalue weighted by Gasteiger charge is -2.18. The molecule has 0 fully saturated rings. The number of carbonyl (C=O) groups excluding carboxylic acids is 2. The van der Waals surface area contributed by atoms with Crippen LogP contribution in [0.5, 0.6) is 11.5 Å². The quantitative estimate of drug-likeness (QED) is 0.541. The van der Waals surface area contributed by atoms with E-state index in [0.717, 1.165) is 29.7 Å². The maximum Gasteiger partial charge on any atom is 0.257 e. The van der Waals surface area contributed by atoms with Crippen molar-refractivity contribution >= 4 is 45.5 Å². The third kappa shape index (κ3) is 5.54. The summed E-state index contributed by atoms with van der Waals surface area (Å²) < 4.78 is 11.0. The zero-order chi connectivity index (χ0) is 22.5. The molecule has 1 aliphatic carbocycles. The van der Waals surface area contributed by atoms with E-state index in [-0.39, 0.29) is 5.11 Å². The number of amides is 2. The van der Waals surface area contributed by atoms with Crippen molar-refractivity contribution in [3.05, 3.63) is 39.8 Å². The van der Waals surface area contributed by atoms with Crippen molar-refractivity contribution in [2.75, 3.05) is 18.5 Å². The van der Waals surface area contributed by atoms with Gasteiger partial charge < -0.3 is 20.5 Å². The lowest BCUT2D eigenvalue weighted by atomic mass is 9.88. The van der Waals surface area contributed by atoms with Crippen molar-refractivity contribution in [2.24, 2.45) is 11.7 Å². The van der Waals surface area contributed by atoms with Gasteiger partial charge in [-0.15, -0.1) is 11.3 Å². The SMILES string of the molecule is CCOc1cc(OCC)cc(C(=O)NC(=S)Nc2sc3c(c2C(N)=O)CC[C@@H](C)C3)c1. The predicted octanol–water partition coefficient (Wildman–Crippen LogP) is 3.90. The average molecular weight is 462 g/mol. The lowest BCUT2D eigenvalue weighted by molar-refractivity contribution is 0.0974. The highest BCUT2D eigenvalue weighted by Crippen LogP contribution is 2.39. The lowest BCUT2D eigenvalue weighted by Crippen LogP contribution is -2.34. The molecule has 1 atom stereocenters. The number of thiophene rings is 1. The summed E-state index contributed by atoms with van der Waals surface area (Å²) in [5, 5.41) is 6.34. The molecule has 2 aromatic rings. The van der Waals surface area contributed by atoms with Gasteiger partial charge in [-0.1, -0.05) is 6.92 Å². The summed E-state index contributed by atoms with van der Waals surface area (Å²) in [6.45, 7) is 6.85. The Balaban J connectivity index is 1.77. The molecule has 0 saturated heterocycles. The van der Waals surface area contributed by atoms with Gasteiger partial charge in [0.05, 0.1) is 18.8 Å². The molecule has 166 valence electrons. The van der Waals surface area contributed by atoms with E-state index >= 15 is 0 Å². The minimum atomic E-state index is -0.491. The molecular weight excluding hydrogens is 434 g/mol. The van der Waals surface area contributed by atoms with E-state index in [4.69, 9.17) is 27.4 Å². The number of fused-ring (bicyclic) bond motifs is 1. The number of primary amides is 1. The van der Waals surface area contributed by atoms with Gasteiger partial charge in [0.25, 0.3) is 11.8 Å². The largest absolute Gasteiger partial charge is 0.494 e. The van der Waals surface area contributed by atoms with Gasteiger partial charge in [-0.05, 0) is 68.9 Å². The second-order valence-corrected chi connectivity index (χ2v) is 8.90. The van der Waals surface area contributed by atoms with Crippen molar-refractivity contribution in [3.8, 4) is 11.5 Å². The first-order valence-electron chi connectivity index (χ1n) is 10.3. The number of carbonyl (C=O) groups is 2. The van der Waals surface area contributed by atoms with E-state index in [1.165, 1.54) is 11.3 Å². The normalized spacial score (nSPS) is 15.0. The number of rotatable bonds is 7. The van der Waals surface area contributed by atoms with Crippen LogP contribution in [0.4, 0.5) is 5.00 Å². The van der Waals surface area contributed by atoms with Gasteiger partial charge in [-0.25, -0.2) is 0 Å². The Labute approximate surface area is 191 Å². The van der Waals surface area contributed by atoms with E-state index < -0.39 is 11.8 Å². The summed E-state index contributed by atoms with van der Waals surface area (Å²) in [6, 6.07) is 4.99. The minimum Gasteiger partial charge on any atom is -0.494 e. The summed E-state index contributed by atoms with van der Waals surface area (Å²) in [5.74, 6) is 0.732. The molecule has 3 rings (SSSR count). The van der Waals surface area contributed by atoms with Gasteiger partial charge in [0.15, 0.2) is 5.11 Å². The van der Waals surface area contributed by atoms with Crippen LogP contribution in [0.3, 0.4) is 0 Å². The molecular formula is C22H27N3O4S2. The van der Waals surface area contributed by atoms with Gasteiger partial charge in [-0.2, -0.15) is 0 Å². The zero-order valence-corrected chi connectivity index (χ0v) is 19.5. The molecule has 0 aliphatic heterocycles. The van der Waals surface area contributed by atoms with E-state index in [0.29, 0.717) is 46.8 Å². The molecule has 1 aliphatic rings. The molecule has 9 heteroatoms. The predicted molar refractivity (Wildman–Crippen MR) is 126 cm³/mol. The highest BCUT2D eigenvalue weighted by atomic mass is 32.1. The molecule has 0 bridgehead atoms. The second-order valence-electron chi connectivity index (χ2n) is 7.39. The summed E-state index contributed by atoms with van der Waals surface area (Å²) in [5.41, 5.74) is 7.47. The number of thiocarbonyl (C=S) groups is 1. The average Bonchev–Trinajstić information content (AvgIpc) is 3.05. The number of anilines is 1. The highest BCUT2D eigenvalue weighted by molar-refractivity contribution is 7.80. The fraction of sp³-hybridized carbons (Fsp3) is 0.409. The van der Waals surface area contributed by atoms with Crippen molar-refractivity contribution in [2.45, 2.75) is 40.0 Å². The van der Waals surface area contributed by atoms with Gasteiger partial charge in [-0.3, -0.25) is 14.9 Å². The fourth-order valence-corrected chi connectivity index (χ4v) is 5.29. The molecule has 0 saturated carbocycles. The molecule has 0 spiro atoms. The number of ether oxygens (including phenoxy) is 2. The third-order valence-corrected chi connectivity index (χ3v) is 6.35. The van der Waals surface area contributed by atoms with Gasteiger partial charge in [0.2, 0.25) is 0 Å². The van der Waals surface area contributed by atoms with Crippen LogP contribution in [-0.4, -0.2) is 30.1 Å². The number of nitrogens with two attached hydrogens (primary N) is 1. The fourth-order valence-electron chi connectivity index (χ4n) is 3.61. The van der Waals surface area contributed by atoms with Gasteiger partial charge in [0.1, 0.15) is 16.5 Å². The van der Waals surface area contributed by atoms with Crippen LogP contribution < -0.4 is 25.8 Å². The monoisotopic (exact) mass is 461 g/mol. The number of nitrogens with one attached hydrogen (secondary N) is 2. The van der Waals surface area contributed by atoms with Crippen LogP contribution in [0.2, 0.25) is 0 Å². The zero-order valence-electron chi connectivity index (χ0n) is 17.9. The molecule has 1 heterocycles. The van der Waals surface area contributed by atoms with Gasteiger partial charge >= 0.3 is 0 Å². The number of benzene rings is 1. The first-order chi connectivity index (χ1) is 14.8. The van der Waals surface area contributed by atoms with Crippen LogP contribution in [0.15, 0.2) is 18.2 Å². The van der Waals surface area contributed by atoms with Gasteiger partial charge in [0, 0.05) is 16.5 Å². The molecule has 1 aromatic carbocycles. The molecule has 0 radical (unpaired) electrons. The molecule has 7 nitrogen and oxygen atoms in total. The Hall–Kier alpha value is -2.65. The standard InChI is InChI=1S/C22H27N3O4S2/c1-4-28-14-9-13(10-15(11-14)29-5-2)20(27)24-22(30)25-21-18(19(23)26)16-7-6-12(3)8-17(16)31-21/h9-12H,4-8H2,1-3H3,(H2,23,26)(H2,24,25,27,30)/t12-/m1/s1. The number of hydrogen-bond acceptors (Lipinski definition) is 6. The third-order valence-electron chi connectivity index (χ3n) is 4.98. The van der Waals surface area contributed by atoms with Crippen molar-refractivity contribution in [1.29, 1.82) is 0 Å². The van der Waals surface area contributed by atoms with Crippen LogP contribution in [-0.2, 0) is 12.8 Å². The van der Waals surface area contributed by atoms with E-state index in [1.54, 1.807) is 18.2 Å². The van der Waals surface area contributed by atoms with E-state index in [9.17, 15) is 9.59 Å². The Kier molecular flexibility index (Phi) is 7.50. The molecule has 4 N–H and O–H groups in total. The maximum atomic E-state index is 12.8. The number of hydrogen-bond donors (Lipinski definition) is 3. The van der Waals surface area contributed by atoms with E-state index in [1.807, 2.05) is 13.8 Å². The summed E-state index contributed by atoms with van der Waals surface area (Å²) in [7, 11) is 0. The van der Waals surface area contributed by atoms with Crippen LogP contribution in [0.25, 0.3) is 0 Å². The van der Waals surface area contributed by atoms with Crippen LogP contribution >= 0.6 is 23.6 Å². The Morgan fingerprint density at radius 2 is 1.84 bits per heavy atom. The van der Waals surface area contributed by atoms with E-state index in [2.05, 4.69) is 17.6 Å². The Morgan fingerprint density at radius 1 is 1.19 bits per heavy atom. The van der Waals surface area contributed by atoms with Crippen molar-refractivity contribution in [3.63, 3.8) is 0 Å². The van der Waals surface area contributed by atoms with Crippen LogP contribution in [0, 0.1) is 5.92 Å². The minimum absolute atomic E-state index is 0.0962. The first kappa shape index (κ1) is 23.0. The Bertz CT molecular complexity index is 979. The highest BCUT2D eigenvalue weighted by Gasteiger charge is 2.27. The topological polar surface area (TPSA) is 103 Å². The second kappa shape index (κ2) is 10.1. The molecule has 31 heavy (non-hydrogen) atoms. The first-order valence-corrected chi connectivity index (χ1v) is 11.5. The van der Waals surface area contributed by atoms with Crippen molar-refractivity contribution < 1.29 is 19.1 Å².